The number of aliphatic carboxylic acids is 3. The second-order valence-electron chi connectivity index (χ2n) is 8.53. The van der Waals surface area contributed by atoms with E-state index in [2.05, 4.69) is 10.6 Å². The van der Waals surface area contributed by atoms with Crippen LogP contribution in [-0.2, 0) is 35.2 Å². The normalized spacial score (nSPS) is 14.7. The number of phenolic OH excluding ortho intramolecular Hbond substituents is 1. The lowest BCUT2D eigenvalue weighted by molar-refractivity contribution is -0.145. The van der Waals surface area contributed by atoms with Gasteiger partial charge in [-0.1, -0.05) is 12.1 Å². The SMILES string of the molecule is CC(O)C(NC(=O)C(CCC(=O)O)NC(=O)C(Cc1ccc(O)cc1)NC(=O)C(N)CCC(=O)O)C(=O)O. The maximum Gasteiger partial charge on any atom is 0.328 e. The fourth-order valence-corrected chi connectivity index (χ4v) is 3.22. The van der Waals surface area contributed by atoms with Crippen molar-refractivity contribution in [2.75, 3.05) is 0 Å². The Kier molecular flexibility index (Phi) is 12.6. The molecular formula is C23H32N4O11. The van der Waals surface area contributed by atoms with Crippen LogP contribution in [0.5, 0.6) is 5.75 Å². The first-order chi connectivity index (χ1) is 17.7. The molecule has 1 aromatic rings. The van der Waals surface area contributed by atoms with E-state index in [9.17, 15) is 44.1 Å². The minimum atomic E-state index is -1.74. The molecule has 5 atom stereocenters. The molecule has 0 saturated heterocycles. The first-order valence-electron chi connectivity index (χ1n) is 11.5. The van der Waals surface area contributed by atoms with E-state index in [0.29, 0.717) is 5.56 Å². The summed E-state index contributed by atoms with van der Waals surface area (Å²) in [5, 5.41) is 52.8. The molecule has 0 aromatic heterocycles. The predicted molar refractivity (Wildman–Crippen MR) is 129 cm³/mol. The van der Waals surface area contributed by atoms with Crippen molar-refractivity contribution < 1.29 is 54.3 Å². The predicted octanol–water partition coefficient (Wildman–Crippen LogP) is -2.09. The highest BCUT2D eigenvalue weighted by Gasteiger charge is 2.32. The Morgan fingerprint density at radius 1 is 0.789 bits per heavy atom. The van der Waals surface area contributed by atoms with Crippen molar-refractivity contribution in [3.8, 4) is 5.75 Å². The van der Waals surface area contributed by atoms with Gasteiger partial charge in [-0.05, 0) is 37.5 Å². The third kappa shape index (κ3) is 11.2. The van der Waals surface area contributed by atoms with Crippen molar-refractivity contribution in [3.63, 3.8) is 0 Å². The van der Waals surface area contributed by atoms with Crippen LogP contribution in [0.2, 0.25) is 0 Å². The molecule has 5 unspecified atom stereocenters. The van der Waals surface area contributed by atoms with Crippen LogP contribution >= 0.6 is 0 Å². The van der Waals surface area contributed by atoms with Gasteiger partial charge in [0.1, 0.15) is 17.8 Å². The molecule has 0 bridgehead atoms. The van der Waals surface area contributed by atoms with Gasteiger partial charge in [0, 0.05) is 19.3 Å². The van der Waals surface area contributed by atoms with E-state index in [-0.39, 0.29) is 18.6 Å². The Morgan fingerprint density at radius 3 is 1.79 bits per heavy atom. The zero-order chi connectivity index (χ0) is 29.0. The molecule has 3 amide bonds. The zero-order valence-electron chi connectivity index (χ0n) is 20.5. The number of aliphatic hydroxyl groups is 1. The van der Waals surface area contributed by atoms with Gasteiger partial charge in [0.15, 0.2) is 6.04 Å². The summed E-state index contributed by atoms with van der Waals surface area (Å²) >= 11 is 0. The maximum atomic E-state index is 13.1. The standard InChI is InChI=1S/C23H32N4O11/c1-11(28)19(23(37)38)27-21(35)15(7-9-18(32)33)25-22(36)16(10-12-2-4-13(29)5-3-12)26-20(34)14(24)6-8-17(30)31/h2-5,11,14-16,19,28-29H,6-10,24H2,1H3,(H,25,36)(H,26,34)(H,27,35)(H,30,31)(H,32,33)(H,37,38). The van der Waals surface area contributed by atoms with Crippen molar-refractivity contribution >= 4 is 35.6 Å². The molecule has 10 N–H and O–H groups in total. The largest absolute Gasteiger partial charge is 0.508 e. The number of amides is 3. The van der Waals surface area contributed by atoms with Gasteiger partial charge >= 0.3 is 17.9 Å². The lowest BCUT2D eigenvalue weighted by atomic mass is 10.0. The number of benzene rings is 1. The number of carboxylic acid groups (broad SMARTS) is 3. The van der Waals surface area contributed by atoms with Gasteiger partial charge in [-0.15, -0.1) is 0 Å². The first kappa shape index (κ1) is 31.8. The fraction of sp³-hybridized carbons (Fsp3) is 0.478. The Hall–Kier alpha value is -4.24. The summed E-state index contributed by atoms with van der Waals surface area (Å²) in [7, 11) is 0. The summed E-state index contributed by atoms with van der Waals surface area (Å²) in [6, 6.07) is -0.386. The fourth-order valence-electron chi connectivity index (χ4n) is 3.22. The molecule has 0 aliphatic carbocycles. The number of phenols is 1. The van der Waals surface area contributed by atoms with E-state index in [1.165, 1.54) is 24.3 Å². The third-order valence-corrected chi connectivity index (χ3v) is 5.34. The molecule has 0 spiro atoms. The number of carboxylic acids is 3. The van der Waals surface area contributed by atoms with Gasteiger partial charge in [0.25, 0.3) is 0 Å². The molecule has 1 rings (SSSR count). The number of aliphatic hydroxyl groups excluding tert-OH is 1. The van der Waals surface area contributed by atoms with Gasteiger partial charge in [-0.3, -0.25) is 24.0 Å². The molecule has 0 aliphatic heterocycles. The molecule has 0 fully saturated rings. The summed E-state index contributed by atoms with van der Waals surface area (Å²) in [4.78, 5) is 71.6. The van der Waals surface area contributed by atoms with Crippen LogP contribution in [0.25, 0.3) is 0 Å². The van der Waals surface area contributed by atoms with Crippen LogP contribution in [0.3, 0.4) is 0 Å². The van der Waals surface area contributed by atoms with Crippen LogP contribution < -0.4 is 21.7 Å². The average Bonchev–Trinajstić information content (AvgIpc) is 2.83. The maximum absolute atomic E-state index is 13.1. The minimum Gasteiger partial charge on any atom is -0.508 e. The van der Waals surface area contributed by atoms with E-state index in [1.807, 2.05) is 5.32 Å². The van der Waals surface area contributed by atoms with Crippen molar-refractivity contribution in [2.24, 2.45) is 5.73 Å². The van der Waals surface area contributed by atoms with Gasteiger partial charge in [0.2, 0.25) is 17.7 Å². The molecule has 15 heteroatoms. The van der Waals surface area contributed by atoms with Crippen LogP contribution in [0, 0.1) is 0 Å². The van der Waals surface area contributed by atoms with Crippen molar-refractivity contribution in [1.29, 1.82) is 0 Å². The number of nitrogens with two attached hydrogens (primary N) is 1. The molecular weight excluding hydrogens is 508 g/mol. The molecule has 38 heavy (non-hydrogen) atoms. The number of carbonyl (C=O) groups excluding carboxylic acids is 3. The lowest BCUT2D eigenvalue weighted by Gasteiger charge is -2.25. The summed E-state index contributed by atoms with van der Waals surface area (Å²) < 4.78 is 0. The summed E-state index contributed by atoms with van der Waals surface area (Å²) in [5.41, 5.74) is 6.19. The average molecular weight is 541 g/mol. The van der Waals surface area contributed by atoms with Crippen LogP contribution in [0.1, 0.15) is 38.2 Å². The molecule has 1 aromatic carbocycles. The summed E-state index contributed by atoms with van der Waals surface area (Å²) in [6.07, 6.45) is -3.34. The number of aromatic hydroxyl groups is 1. The highest BCUT2D eigenvalue weighted by atomic mass is 16.4. The zero-order valence-corrected chi connectivity index (χ0v) is 20.5. The molecule has 15 nitrogen and oxygen atoms in total. The molecule has 210 valence electrons. The van der Waals surface area contributed by atoms with Crippen LogP contribution in [0.15, 0.2) is 24.3 Å². The number of hydrogen-bond donors (Lipinski definition) is 9. The van der Waals surface area contributed by atoms with E-state index in [4.69, 9.17) is 15.9 Å². The quantitative estimate of drug-likeness (QED) is 0.109. The van der Waals surface area contributed by atoms with E-state index < -0.39 is 85.2 Å². The molecule has 0 saturated carbocycles. The van der Waals surface area contributed by atoms with Gasteiger partial charge in [0.05, 0.1) is 12.1 Å². The van der Waals surface area contributed by atoms with E-state index in [0.717, 1.165) is 6.92 Å². The van der Waals surface area contributed by atoms with Crippen molar-refractivity contribution in [3.05, 3.63) is 29.8 Å². The van der Waals surface area contributed by atoms with Gasteiger partial charge < -0.3 is 47.2 Å². The first-order valence-corrected chi connectivity index (χ1v) is 11.5. The van der Waals surface area contributed by atoms with Crippen LogP contribution in [0.4, 0.5) is 0 Å². The van der Waals surface area contributed by atoms with Crippen LogP contribution in [-0.4, -0.2) is 91.4 Å². The molecule has 0 heterocycles. The number of carbonyl (C=O) groups is 6. The Morgan fingerprint density at radius 2 is 1.29 bits per heavy atom. The highest BCUT2D eigenvalue weighted by Crippen LogP contribution is 2.12. The smallest absolute Gasteiger partial charge is 0.328 e. The lowest BCUT2D eigenvalue weighted by Crippen LogP contribution is -2.58. The second kappa shape index (κ2) is 15.1. The monoisotopic (exact) mass is 540 g/mol. The van der Waals surface area contributed by atoms with E-state index in [1.54, 1.807) is 0 Å². The molecule has 0 radical (unpaired) electrons. The number of rotatable bonds is 16. The Balaban J connectivity index is 3.16. The number of hydrogen-bond acceptors (Lipinski definition) is 9. The summed E-state index contributed by atoms with van der Waals surface area (Å²) in [5.74, 6) is -7.02. The van der Waals surface area contributed by atoms with Crippen molar-refractivity contribution in [1.82, 2.24) is 16.0 Å². The molecule has 0 aliphatic rings. The van der Waals surface area contributed by atoms with Gasteiger partial charge in [-0.25, -0.2) is 4.79 Å². The Labute approximate surface area is 217 Å². The summed E-state index contributed by atoms with van der Waals surface area (Å²) in [6.45, 7) is 1.11. The van der Waals surface area contributed by atoms with Gasteiger partial charge in [-0.2, -0.15) is 0 Å². The Bertz CT molecular complexity index is 1010. The topological polar surface area (TPSA) is 266 Å². The number of nitrogens with one attached hydrogen (secondary N) is 3. The van der Waals surface area contributed by atoms with Crippen molar-refractivity contribution in [2.45, 2.75) is 69.3 Å². The third-order valence-electron chi connectivity index (χ3n) is 5.34. The minimum absolute atomic E-state index is 0.0639. The highest BCUT2D eigenvalue weighted by molar-refractivity contribution is 5.94. The second-order valence-corrected chi connectivity index (χ2v) is 8.53. The van der Waals surface area contributed by atoms with E-state index >= 15 is 0 Å².